The number of nitrogens with one attached hydrogen (secondary N) is 2. The highest BCUT2D eigenvalue weighted by Crippen LogP contribution is 2.16. The third kappa shape index (κ3) is 8.43. The van der Waals surface area contributed by atoms with Gasteiger partial charge in [-0.25, -0.2) is 0 Å². The monoisotopic (exact) mass is 354 g/mol. The van der Waals surface area contributed by atoms with E-state index < -0.39 is 0 Å². The van der Waals surface area contributed by atoms with Crippen molar-refractivity contribution in [3.63, 3.8) is 0 Å². The Bertz CT molecular complexity index is 568. The molecule has 0 atom stereocenters. The molecule has 0 spiro atoms. The van der Waals surface area contributed by atoms with Crippen LogP contribution in [-0.4, -0.2) is 29.8 Å². The smallest absolute Gasteiger partial charge is 0.148 e. The van der Waals surface area contributed by atoms with Crippen LogP contribution in [0.2, 0.25) is 0 Å². The van der Waals surface area contributed by atoms with Crippen LogP contribution in [0.4, 0.5) is 5.82 Å². The molecule has 1 heterocycles. The van der Waals surface area contributed by atoms with Crippen LogP contribution in [0.25, 0.3) is 11.3 Å². The molecule has 0 radical (unpaired) electrons. The first-order valence-electron chi connectivity index (χ1n) is 10.2. The molecule has 0 aliphatic heterocycles. The Hall–Kier alpha value is -1.94. The zero-order chi connectivity index (χ0) is 18.3. The zero-order valence-corrected chi connectivity index (χ0v) is 16.2. The summed E-state index contributed by atoms with van der Waals surface area (Å²) < 4.78 is 0. The second-order valence-corrected chi connectivity index (χ2v) is 6.82. The lowest BCUT2D eigenvalue weighted by Crippen LogP contribution is -2.16. The van der Waals surface area contributed by atoms with Crippen molar-refractivity contribution in [3.05, 3.63) is 42.5 Å². The topological polar surface area (TPSA) is 49.8 Å². The van der Waals surface area contributed by atoms with Crippen molar-refractivity contribution in [1.82, 2.24) is 15.5 Å². The van der Waals surface area contributed by atoms with Crippen LogP contribution >= 0.6 is 0 Å². The number of unbranched alkanes of at least 4 members (excludes halogenated alkanes) is 6. The van der Waals surface area contributed by atoms with Gasteiger partial charge in [0.25, 0.3) is 0 Å². The summed E-state index contributed by atoms with van der Waals surface area (Å²) in [6.07, 6.45) is 10.4. The van der Waals surface area contributed by atoms with E-state index in [2.05, 4.69) is 39.9 Å². The zero-order valence-electron chi connectivity index (χ0n) is 16.2. The van der Waals surface area contributed by atoms with Gasteiger partial charge in [-0.05, 0) is 44.5 Å². The van der Waals surface area contributed by atoms with Crippen molar-refractivity contribution in [2.24, 2.45) is 0 Å². The van der Waals surface area contributed by atoms with Crippen molar-refractivity contribution >= 4 is 5.82 Å². The molecule has 0 fully saturated rings. The second-order valence-electron chi connectivity index (χ2n) is 6.82. The van der Waals surface area contributed by atoms with E-state index in [1.807, 2.05) is 30.3 Å². The Kier molecular flexibility index (Phi) is 10.4. The van der Waals surface area contributed by atoms with Crippen LogP contribution in [0, 0.1) is 0 Å². The first-order chi connectivity index (χ1) is 12.9. The Balaban J connectivity index is 1.47. The van der Waals surface area contributed by atoms with E-state index in [1.54, 1.807) is 0 Å². The molecule has 0 aliphatic rings. The van der Waals surface area contributed by atoms with Crippen molar-refractivity contribution in [2.45, 2.75) is 58.3 Å². The fraction of sp³-hybridized carbons (Fsp3) is 0.545. The van der Waals surface area contributed by atoms with Crippen molar-refractivity contribution in [3.8, 4) is 11.3 Å². The van der Waals surface area contributed by atoms with Gasteiger partial charge in [-0.1, -0.05) is 69.4 Å². The molecule has 0 amide bonds. The van der Waals surface area contributed by atoms with E-state index >= 15 is 0 Å². The summed E-state index contributed by atoms with van der Waals surface area (Å²) >= 11 is 0. The summed E-state index contributed by atoms with van der Waals surface area (Å²) in [7, 11) is 0. The Labute approximate surface area is 158 Å². The largest absolute Gasteiger partial charge is 0.369 e. The number of nitrogens with zero attached hydrogens (tertiary/aromatic N) is 2. The maximum absolute atomic E-state index is 4.30. The molecule has 1 aromatic carbocycles. The number of hydrogen-bond acceptors (Lipinski definition) is 4. The van der Waals surface area contributed by atoms with Gasteiger partial charge in [-0.3, -0.25) is 0 Å². The summed E-state index contributed by atoms with van der Waals surface area (Å²) in [5.41, 5.74) is 2.02. The maximum Gasteiger partial charge on any atom is 0.148 e. The minimum atomic E-state index is 0.856. The molecule has 2 rings (SSSR count). The van der Waals surface area contributed by atoms with Crippen molar-refractivity contribution in [1.29, 1.82) is 0 Å². The average molecular weight is 355 g/mol. The SMILES string of the molecule is CCCCCCCNCCCCCNc1ccc(-c2ccccc2)nn1. The quantitative estimate of drug-likeness (QED) is 0.453. The number of aromatic nitrogens is 2. The lowest BCUT2D eigenvalue weighted by molar-refractivity contribution is 0.562. The number of anilines is 1. The highest BCUT2D eigenvalue weighted by atomic mass is 15.2. The molecule has 142 valence electrons. The minimum Gasteiger partial charge on any atom is -0.369 e. The Morgan fingerprint density at radius 1 is 0.692 bits per heavy atom. The lowest BCUT2D eigenvalue weighted by Gasteiger charge is -2.07. The van der Waals surface area contributed by atoms with Gasteiger partial charge in [-0.15, -0.1) is 10.2 Å². The summed E-state index contributed by atoms with van der Waals surface area (Å²) in [6, 6.07) is 14.2. The Morgan fingerprint density at radius 3 is 2.08 bits per heavy atom. The van der Waals surface area contributed by atoms with E-state index in [-0.39, 0.29) is 0 Å². The fourth-order valence-electron chi connectivity index (χ4n) is 2.94. The molecular formula is C22H34N4. The summed E-state index contributed by atoms with van der Waals surface area (Å²) in [5, 5.41) is 15.5. The average Bonchev–Trinajstić information content (AvgIpc) is 2.70. The molecule has 0 saturated heterocycles. The van der Waals surface area contributed by atoms with Gasteiger partial charge in [0.05, 0.1) is 5.69 Å². The molecule has 1 aromatic heterocycles. The van der Waals surface area contributed by atoms with E-state index in [0.717, 1.165) is 30.2 Å². The van der Waals surface area contributed by atoms with Crippen LogP contribution in [0.1, 0.15) is 58.3 Å². The van der Waals surface area contributed by atoms with Gasteiger partial charge < -0.3 is 10.6 Å². The predicted molar refractivity (Wildman–Crippen MR) is 111 cm³/mol. The molecule has 0 bridgehead atoms. The molecule has 2 aromatic rings. The van der Waals surface area contributed by atoms with Gasteiger partial charge in [-0.2, -0.15) is 0 Å². The van der Waals surface area contributed by atoms with Crippen LogP contribution in [0.15, 0.2) is 42.5 Å². The van der Waals surface area contributed by atoms with E-state index in [1.165, 1.54) is 57.9 Å². The second kappa shape index (κ2) is 13.3. The van der Waals surface area contributed by atoms with Crippen molar-refractivity contribution < 1.29 is 0 Å². The third-order valence-corrected chi connectivity index (χ3v) is 4.53. The van der Waals surface area contributed by atoms with Crippen LogP contribution in [0.5, 0.6) is 0 Å². The van der Waals surface area contributed by atoms with Crippen LogP contribution in [-0.2, 0) is 0 Å². The summed E-state index contributed by atoms with van der Waals surface area (Å²) in [5.74, 6) is 0.856. The number of benzene rings is 1. The van der Waals surface area contributed by atoms with Gasteiger partial charge in [0.2, 0.25) is 0 Å². The molecule has 0 saturated carbocycles. The Morgan fingerprint density at radius 2 is 1.38 bits per heavy atom. The predicted octanol–water partition coefficient (Wildman–Crippen LogP) is 5.29. The van der Waals surface area contributed by atoms with Gasteiger partial charge >= 0.3 is 0 Å². The molecule has 2 N–H and O–H groups in total. The molecular weight excluding hydrogens is 320 g/mol. The van der Waals surface area contributed by atoms with E-state index in [0.29, 0.717) is 0 Å². The number of hydrogen-bond donors (Lipinski definition) is 2. The normalized spacial score (nSPS) is 10.8. The van der Waals surface area contributed by atoms with Gasteiger partial charge in [0.1, 0.15) is 5.82 Å². The maximum atomic E-state index is 4.30. The van der Waals surface area contributed by atoms with E-state index in [9.17, 15) is 0 Å². The first-order valence-corrected chi connectivity index (χ1v) is 10.2. The number of rotatable bonds is 14. The summed E-state index contributed by atoms with van der Waals surface area (Å²) in [6.45, 7) is 5.53. The van der Waals surface area contributed by atoms with E-state index in [4.69, 9.17) is 0 Å². The van der Waals surface area contributed by atoms with Gasteiger partial charge in [0.15, 0.2) is 0 Å². The highest BCUT2D eigenvalue weighted by Gasteiger charge is 2.00. The highest BCUT2D eigenvalue weighted by molar-refractivity contribution is 5.59. The first kappa shape index (κ1) is 20.4. The van der Waals surface area contributed by atoms with Crippen LogP contribution in [0.3, 0.4) is 0 Å². The molecule has 4 heteroatoms. The standard InChI is InChI=1S/C22H34N4/c1-2-3-4-5-10-17-23-18-11-7-12-19-24-22-16-15-21(25-26-22)20-13-8-6-9-14-20/h6,8-9,13-16,23H,2-5,7,10-12,17-19H2,1H3,(H,24,26). The lowest BCUT2D eigenvalue weighted by atomic mass is 10.1. The minimum absolute atomic E-state index is 0.856. The molecule has 0 aliphatic carbocycles. The molecule has 0 unspecified atom stereocenters. The summed E-state index contributed by atoms with van der Waals surface area (Å²) in [4.78, 5) is 0. The van der Waals surface area contributed by atoms with Crippen LogP contribution < -0.4 is 10.6 Å². The fourth-order valence-corrected chi connectivity index (χ4v) is 2.94. The van der Waals surface area contributed by atoms with Gasteiger partial charge in [0, 0.05) is 12.1 Å². The third-order valence-electron chi connectivity index (χ3n) is 4.53. The molecule has 4 nitrogen and oxygen atoms in total. The van der Waals surface area contributed by atoms with Crippen molar-refractivity contribution in [2.75, 3.05) is 25.0 Å². The molecule has 26 heavy (non-hydrogen) atoms.